The molecule has 6 nitrogen and oxygen atoms in total. The maximum Gasteiger partial charge on any atom is 0.269 e. The van der Waals surface area contributed by atoms with Gasteiger partial charge in [0.1, 0.15) is 22.4 Å². The molecule has 3 aromatic carbocycles. The van der Waals surface area contributed by atoms with Gasteiger partial charge < -0.3 is 10.1 Å². The highest BCUT2D eigenvalue weighted by molar-refractivity contribution is 8.05. The SMILES string of the molecule is CCCCc1ccc(NC(=O)/C(C#N)=C2/S[C@H](Cc3ccc(OC)cc3)C(=O)N2c2ccccc2)cc1. The van der Waals surface area contributed by atoms with Gasteiger partial charge in [0.25, 0.3) is 5.91 Å². The predicted molar refractivity (Wildman–Crippen MR) is 148 cm³/mol. The highest BCUT2D eigenvalue weighted by Crippen LogP contribution is 2.42. The van der Waals surface area contributed by atoms with E-state index in [4.69, 9.17) is 4.74 Å². The van der Waals surface area contributed by atoms with Crippen LogP contribution < -0.4 is 15.0 Å². The first kappa shape index (κ1) is 26.1. The molecule has 2 amide bonds. The summed E-state index contributed by atoms with van der Waals surface area (Å²) >= 11 is 1.25. The molecule has 0 unspecified atom stereocenters. The Morgan fingerprint density at radius 3 is 2.32 bits per heavy atom. The number of nitrogens with zero attached hydrogens (tertiary/aromatic N) is 2. The molecule has 0 radical (unpaired) electrons. The average molecular weight is 512 g/mol. The molecule has 1 atom stereocenters. The van der Waals surface area contributed by atoms with E-state index in [1.807, 2.05) is 66.7 Å². The van der Waals surface area contributed by atoms with Gasteiger partial charge in [-0.2, -0.15) is 5.26 Å². The molecule has 3 aromatic rings. The van der Waals surface area contributed by atoms with Gasteiger partial charge in [-0.3, -0.25) is 14.5 Å². The summed E-state index contributed by atoms with van der Waals surface area (Å²) in [4.78, 5) is 28.3. The smallest absolute Gasteiger partial charge is 0.269 e. The van der Waals surface area contributed by atoms with Gasteiger partial charge in [-0.05, 0) is 66.8 Å². The summed E-state index contributed by atoms with van der Waals surface area (Å²) in [6.07, 6.45) is 3.67. The Kier molecular flexibility index (Phi) is 8.65. The van der Waals surface area contributed by atoms with Crippen LogP contribution in [0.3, 0.4) is 0 Å². The van der Waals surface area contributed by atoms with Gasteiger partial charge in [0.15, 0.2) is 0 Å². The van der Waals surface area contributed by atoms with Crippen LogP contribution in [0.1, 0.15) is 30.9 Å². The number of hydrogen-bond acceptors (Lipinski definition) is 5. The highest BCUT2D eigenvalue weighted by atomic mass is 32.2. The van der Waals surface area contributed by atoms with Crippen LogP contribution in [0, 0.1) is 11.3 Å². The van der Waals surface area contributed by atoms with Crippen molar-refractivity contribution < 1.29 is 14.3 Å². The van der Waals surface area contributed by atoms with Gasteiger partial charge >= 0.3 is 0 Å². The largest absolute Gasteiger partial charge is 0.497 e. The molecule has 37 heavy (non-hydrogen) atoms. The number of anilines is 2. The molecule has 4 rings (SSSR count). The molecular formula is C30H29N3O3S. The van der Waals surface area contributed by atoms with Crippen molar-refractivity contribution in [2.75, 3.05) is 17.3 Å². The van der Waals surface area contributed by atoms with Crippen molar-refractivity contribution in [3.63, 3.8) is 0 Å². The van der Waals surface area contributed by atoms with Gasteiger partial charge in [-0.15, -0.1) is 0 Å². The number of nitriles is 1. The van der Waals surface area contributed by atoms with Crippen LogP contribution in [0.15, 0.2) is 89.5 Å². The van der Waals surface area contributed by atoms with E-state index >= 15 is 0 Å². The number of benzene rings is 3. The topological polar surface area (TPSA) is 82.4 Å². The molecule has 1 saturated heterocycles. The number of hydrogen-bond donors (Lipinski definition) is 1. The summed E-state index contributed by atoms with van der Waals surface area (Å²) in [5.41, 5.74) is 3.30. The summed E-state index contributed by atoms with van der Waals surface area (Å²) in [5, 5.41) is 12.7. The number of aryl methyl sites for hydroxylation is 1. The Hall–Kier alpha value is -4.02. The van der Waals surface area contributed by atoms with E-state index in [1.54, 1.807) is 19.2 Å². The van der Waals surface area contributed by atoms with Crippen molar-refractivity contribution in [1.82, 2.24) is 0 Å². The maximum atomic E-state index is 13.6. The third kappa shape index (κ3) is 6.22. The lowest BCUT2D eigenvalue weighted by Crippen LogP contribution is -2.30. The predicted octanol–water partition coefficient (Wildman–Crippen LogP) is 6.10. The van der Waals surface area contributed by atoms with Crippen LogP contribution >= 0.6 is 11.8 Å². The third-order valence-electron chi connectivity index (χ3n) is 6.13. The van der Waals surface area contributed by atoms with E-state index in [1.165, 1.54) is 22.2 Å². The number of methoxy groups -OCH3 is 1. The molecule has 0 bridgehead atoms. The van der Waals surface area contributed by atoms with E-state index in [0.717, 1.165) is 30.6 Å². The van der Waals surface area contributed by atoms with Gasteiger partial charge in [0.05, 0.1) is 12.4 Å². The molecule has 0 aliphatic carbocycles. The number of ether oxygens (including phenoxy) is 1. The fourth-order valence-corrected chi connectivity index (χ4v) is 5.41. The van der Waals surface area contributed by atoms with E-state index in [0.29, 0.717) is 22.8 Å². The van der Waals surface area contributed by atoms with Crippen LogP contribution in [0.2, 0.25) is 0 Å². The first-order valence-electron chi connectivity index (χ1n) is 12.3. The minimum absolute atomic E-state index is 0.0884. The number of carbonyl (C=O) groups is 2. The van der Waals surface area contributed by atoms with Crippen molar-refractivity contribution in [3.8, 4) is 11.8 Å². The van der Waals surface area contributed by atoms with Gasteiger partial charge in [-0.25, -0.2) is 0 Å². The Labute approximate surface area is 221 Å². The Balaban J connectivity index is 1.62. The minimum Gasteiger partial charge on any atom is -0.497 e. The summed E-state index contributed by atoms with van der Waals surface area (Å²) in [7, 11) is 1.61. The number of unbranched alkanes of at least 4 members (excludes halogenated alkanes) is 1. The summed E-state index contributed by atoms with van der Waals surface area (Å²) in [5.74, 6) is 0.0375. The molecule has 0 spiro atoms. The molecule has 0 aromatic heterocycles. The lowest BCUT2D eigenvalue weighted by Gasteiger charge is -2.18. The van der Waals surface area contributed by atoms with Crippen molar-refractivity contribution in [2.24, 2.45) is 0 Å². The zero-order chi connectivity index (χ0) is 26.2. The average Bonchev–Trinajstić information content (AvgIpc) is 3.24. The second-order valence-electron chi connectivity index (χ2n) is 8.71. The number of rotatable bonds is 9. The van der Waals surface area contributed by atoms with Gasteiger partial charge in [0, 0.05) is 11.4 Å². The highest BCUT2D eigenvalue weighted by Gasteiger charge is 2.40. The second-order valence-corrected chi connectivity index (χ2v) is 9.91. The molecule has 7 heteroatoms. The van der Waals surface area contributed by atoms with E-state index < -0.39 is 11.2 Å². The van der Waals surface area contributed by atoms with Gasteiger partial charge in [0.2, 0.25) is 5.91 Å². The summed E-state index contributed by atoms with van der Waals surface area (Å²) < 4.78 is 5.23. The van der Waals surface area contributed by atoms with Crippen LogP contribution in [0.5, 0.6) is 5.75 Å². The second kappa shape index (κ2) is 12.3. The van der Waals surface area contributed by atoms with Crippen LogP contribution in [-0.2, 0) is 22.4 Å². The van der Waals surface area contributed by atoms with Crippen LogP contribution in [0.25, 0.3) is 0 Å². The fourth-order valence-electron chi connectivity index (χ4n) is 4.10. The van der Waals surface area contributed by atoms with Crippen molar-refractivity contribution in [3.05, 3.63) is 101 Å². The van der Waals surface area contributed by atoms with Crippen molar-refractivity contribution >= 4 is 35.0 Å². The quantitative estimate of drug-likeness (QED) is 0.277. The van der Waals surface area contributed by atoms with E-state index in [2.05, 4.69) is 18.3 Å². The molecule has 1 aliphatic rings. The monoisotopic (exact) mass is 511 g/mol. The first-order valence-corrected chi connectivity index (χ1v) is 13.1. The number of thioether (sulfide) groups is 1. The normalized spacial score (nSPS) is 16.3. The molecule has 1 fully saturated rings. The lowest BCUT2D eigenvalue weighted by molar-refractivity contribution is -0.117. The number of amides is 2. The lowest BCUT2D eigenvalue weighted by atomic mass is 10.1. The fraction of sp³-hybridized carbons (Fsp3) is 0.233. The molecule has 1 aliphatic heterocycles. The van der Waals surface area contributed by atoms with E-state index in [-0.39, 0.29) is 11.5 Å². The number of carbonyl (C=O) groups excluding carboxylic acids is 2. The summed E-state index contributed by atoms with van der Waals surface area (Å²) in [6, 6.07) is 26.4. The minimum atomic E-state index is -0.537. The zero-order valence-electron chi connectivity index (χ0n) is 20.9. The molecule has 0 saturated carbocycles. The van der Waals surface area contributed by atoms with Crippen molar-refractivity contribution in [2.45, 2.75) is 37.9 Å². The third-order valence-corrected chi connectivity index (χ3v) is 7.39. The summed E-state index contributed by atoms with van der Waals surface area (Å²) in [6.45, 7) is 2.15. The van der Waals surface area contributed by atoms with Crippen molar-refractivity contribution in [1.29, 1.82) is 5.26 Å². The van der Waals surface area contributed by atoms with Crippen LogP contribution in [0.4, 0.5) is 11.4 Å². The standard InChI is InChI=1S/C30H29N3O3S/c1-3-4-8-21-11-15-23(16-12-21)32-28(34)26(20-31)30-33(24-9-6-5-7-10-24)29(35)27(37-30)19-22-13-17-25(36-2)18-14-22/h5-7,9-18,27H,3-4,8,19H2,1-2H3,(H,32,34)/b30-26+/t27-/m1/s1. The molecule has 1 N–H and O–H groups in total. The molecule has 188 valence electrons. The Bertz CT molecular complexity index is 1310. The maximum absolute atomic E-state index is 13.6. The first-order chi connectivity index (χ1) is 18.0. The molecular weight excluding hydrogens is 482 g/mol. The van der Waals surface area contributed by atoms with E-state index in [9.17, 15) is 14.9 Å². The van der Waals surface area contributed by atoms with Gasteiger partial charge in [-0.1, -0.05) is 67.6 Å². The zero-order valence-corrected chi connectivity index (χ0v) is 21.8. The Morgan fingerprint density at radius 1 is 1.03 bits per heavy atom. The molecule has 1 heterocycles. The number of para-hydroxylation sites is 1. The Morgan fingerprint density at radius 2 is 1.70 bits per heavy atom. The number of nitrogens with one attached hydrogen (secondary N) is 1. The van der Waals surface area contributed by atoms with Crippen LogP contribution in [-0.4, -0.2) is 24.2 Å².